The number of carbonyl (C=O) groups is 3. The van der Waals surface area contributed by atoms with Crippen molar-refractivity contribution in [2.75, 3.05) is 45.1 Å². The number of anilines is 1. The molecule has 25 heavy (non-hydrogen) atoms. The minimum Gasteiger partial charge on any atom is -0.342 e. The van der Waals surface area contributed by atoms with Gasteiger partial charge >= 0.3 is 0 Å². The number of halogens is 1. The first-order chi connectivity index (χ1) is 11.9. The topological polar surface area (TPSA) is 83.0 Å². The van der Waals surface area contributed by atoms with Crippen molar-refractivity contribution < 1.29 is 19.3 Å². The third kappa shape index (κ3) is 7.66. The second-order valence-corrected chi connectivity index (χ2v) is 6.54. The van der Waals surface area contributed by atoms with Gasteiger partial charge in [0.2, 0.25) is 5.91 Å². The lowest BCUT2D eigenvalue weighted by atomic mass is 10.3. The van der Waals surface area contributed by atoms with Crippen molar-refractivity contribution in [2.24, 2.45) is 0 Å². The number of carbonyl (C=O) groups excluding carboxylic acids is 3. The molecule has 7 nitrogen and oxygen atoms in total. The van der Waals surface area contributed by atoms with Crippen molar-refractivity contribution in [2.45, 2.75) is 13.8 Å². The Morgan fingerprint density at radius 2 is 1.72 bits per heavy atom. The molecule has 0 fully saturated rings. The van der Waals surface area contributed by atoms with Gasteiger partial charge in [-0.1, -0.05) is 12.1 Å². The maximum Gasteiger partial charge on any atom is 0.277 e. The van der Waals surface area contributed by atoms with Crippen LogP contribution in [0.1, 0.15) is 13.8 Å². The summed E-state index contributed by atoms with van der Waals surface area (Å²) in [5, 5.41) is 5.28. The Balaban J connectivity index is 2.35. The van der Waals surface area contributed by atoms with Gasteiger partial charge in [-0.2, -0.15) is 0 Å². The smallest absolute Gasteiger partial charge is 0.277 e. The monoisotopic (exact) mass is 413 g/mol. The lowest BCUT2D eigenvalue weighted by molar-refractivity contribution is -0.863. The molecule has 0 saturated carbocycles. The van der Waals surface area contributed by atoms with E-state index in [2.05, 4.69) is 26.6 Å². The molecule has 138 valence electrons. The molecule has 1 rings (SSSR count). The van der Waals surface area contributed by atoms with Crippen LogP contribution in [0.5, 0.6) is 0 Å². The zero-order valence-electron chi connectivity index (χ0n) is 14.9. The fraction of sp³-hybridized carbons (Fsp3) is 0.471. The minimum absolute atomic E-state index is 0.0157. The first kappa shape index (κ1) is 21.1. The Bertz CT molecular complexity index is 605. The second kappa shape index (κ2) is 10.8. The number of benzene rings is 1. The predicted octanol–water partition coefficient (Wildman–Crippen LogP) is -0.113. The summed E-state index contributed by atoms with van der Waals surface area (Å²) >= 11 is 3.34. The summed E-state index contributed by atoms with van der Waals surface area (Å²) in [6, 6.07) is 7.24. The average Bonchev–Trinajstić information content (AvgIpc) is 2.56. The fourth-order valence-electron chi connectivity index (χ4n) is 2.28. The van der Waals surface area contributed by atoms with E-state index in [0.717, 1.165) is 9.37 Å². The summed E-state index contributed by atoms with van der Waals surface area (Å²) < 4.78 is 0.772. The Kier molecular flexibility index (Phi) is 9.15. The minimum atomic E-state index is -0.308. The SMILES string of the molecule is CCN(CC)C(=O)C[NH+](C)CC(=O)NCC(=O)Nc1ccccc1Br. The summed E-state index contributed by atoms with van der Waals surface area (Å²) in [7, 11) is 1.78. The van der Waals surface area contributed by atoms with E-state index in [4.69, 9.17) is 0 Å². The summed E-state index contributed by atoms with van der Waals surface area (Å²) in [5.41, 5.74) is 0.648. The number of nitrogens with one attached hydrogen (secondary N) is 3. The molecule has 0 aliphatic rings. The van der Waals surface area contributed by atoms with Crippen LogP contribution in [0.25, 0.3) is 0 Å². The van der Waals surface area contributed by atoms with Gasteiger partial charge in [0.1, 0.15) is 0 Å². The highest BCUT2D eigenvalue weighted by molar-refractivity contribution is 9.10. The number of likely N-dealkylation sites (N-methyl/N-ethyl adjacent to an activating group) is 2. The molecular weight excluding hydrogens is 388 g/mol. The highest BCUT2D eigenvalue weighted by atomic mass is 79.9. The third-order valence-corrected chi connectivity index (χ3v) is 4.32. The van der Waals surface area contributed by atoms with E-state index in [1.165, 1.54) is 0 Å². The predicted molar refractivity (Wildman–Crippen MR) is 100 cm³/mol. The molecule has 0 aromatic heterocycles. The summed E-state index contributed by atoms with van der Waals surface area (Å²) in [4.78, 5) is 38.3. The van der Waals surface area contributed by atoms with Crippen LogP contribution in [0, 0.1) is 0 Å². The molecule has 0 aliphatic heterocycles. The van der Waals surface area contributed by atoms with Gasteiger partial charge in [-0.15, -0.1) is 0 Å². The number of para-hydroxylation sites is 1. The van der Waals surface area contributed by atoms with Gasteiger partial charge in [-0.25, -0.2) is 0 Å². The molecule has 8 heteroatoms. The van der Waals surface area contributed by atoms with Crippen molar-refractivity contribution in [1.82, 2.24) is 10.2 Å². The Morgan fingerprint density at radius 3 is 2.32 bits per heavy atom. The first-order valence-electron chi connectivity index (χ1n) is 8.27. The lowest BCUT2D eigenvalue weighted by Gasteiger charge is -2.20. The molecule has 0 spiro atoms. The molecule has 3 N–H and O–H groups in total. The third-order valence-electron chi connectivity index (χ3n) is 3.63. The van der Waals surface area contributed by atoms with Crippen molar-refractivity contribution in [3.05, 3.63) is 28.7 Å². The van der Waals surface area contributed by atoms with E-state index in [1.807, 2.05) is 32.0 Å². The lowest BCUT2D eigenvalue weighted by Crippen LogP contribution is -3.11. The molecule has 0 radical (unpaired) electrons. The average molecular weight is 414 g/mol. The molecule has 0 heterocycles. The molecule has 3 amide bonds. The van der Waals surface area contributed by atoms with Crippen molar-refractivity contribution >= 4 is 39.3 Å². The molecule has 0 bridgehead atoms. The number of hydrogen-bond donors (Lipinski definition) is 3. The van der Waals surface area contributed by atoms with Crippen molar-refractivity contribution in [3.8, 4) is 0 Å². The maximum atomic E-state index is 12.0. The second-order valence-electron chi connectivity index (χ2n) is 5.68. The van der Waals surface area contributed by atoms with Gasteiger partial charge in [-0.05, 0) is 41.9 Å². The number of amides is 3. The molecule has 1 aromatic rings. The largest absolute Gasteiger partial charge is 0.342 e. The highest BCUT2D eigenvalue weighted by Crippen LogP contribution is 2.20. The highest BCUT2D eigenvalue weighted by Gasteiger charge is 2.18. The number of rotatable bonds is 9. The molecule has 0 aliphatic carbocycles. The summed E-state index contributed by atoms with van der Waals surface area (Å²) in [6.45, 7) is 5.43. The molecule has 0 saturated heterocycles. The van der Waals surface area contributed by atoms with Gasteiger partial charge < -0.3 is 20.4 Å². The van der Waals surface area contributed by atoms with E-state index in [9.17, 15) is 14.4 Å². The number of quaternary nitrogens is 1. The van der Waals surface area contributed by atoms with E-state index >= 15 is 0 Å². The van der Waals surface area contributed by atoms with Crippen LogP contribution in [0.15, 0.2) is 28.7 Å². The van der Waals surface area contributed by atoms with E-state index < -0.39 is 0 Å². The van der Waals surface area contributed by atoms with Gasteiger partial charge in [-0.3, -0.25) is 14.4 Å². The van der Waals surface area contributed by atoms with Crippen molar-refractivity contribution in [3.63, 3.8) is 0 Å². The standard InChI is InChI=1S/C17H25BrN4O3/c1-4-22(5-2)17(25)12-21(3)11-16(24)19-10-15(23)20-14-9-7-6-8-13(14)18/h6-9H,4-5,10-12H2,1-3H3,(H,19,24)(H,20,23)/p+1. The van der Waals surface area contributed by atoms with E-state index in [1.54, 1.807) is 18.0 Å². The molecule has 1 atom stereocenters. The Hall–Kier alpha value is -1.93. The fourth-order valence-corrected chi connectivity index (χ4v) is 2.67. The van der Waals surface area contributed by atoms with Crippen LogP contribution in [0.3, 0.4) is 0 Å². The Morgan fingerprint density at radius 1 is 1.08 bits per heavy atom. The summed E-state index contributed by atoms with van der Waals surface area (Å²) in [6.07, 6.45) is 0. The number of hydrogen-bond acceptors (Lipinski definition) is 3. The first-order valence-corrected chi connectivity index (χ1v) is 9.06. The molecular formula is C17H26BrN4O3+. The Labute approximate surface area is 156 Å². The van der Waals surface area contributed by atoms with Crippen LogP contribution in [0.2, 0.25) is 0 Å². The normalized spacial score (nSPS) is 11.5. The van der Waals surface area contributed by atoms with E-state index in [-0.39, 0.29) is 37.4 Å². The number of nitrogens with zero attached hydrogens (tertiary/aromatic N) is 1. The maximum absolute atomic E-state index is 12.0. The van der Waals surface area contributed by atoms with Crippen LogP contribution in [-0.4, -0.2) is 62.4 Å². The quantitative estimate of drug-likeness (QED) is 0.527. The van der Waals surface area contributed by atoms with Gasteiger partial charge in [0.25, 0.3) is 11.8 Å². The van der Waals surface area contributed by atoms with Crippen LogP contribution in [-0.2, 0) is 14.4 Å². The summed E-state index contributed by atoms with van der Waals surface area (Å²) in [5.74, 6) is -0.564. The molecule has 1 unspecified atom stereocenters. The van der Waals surface area contributed by atoms with E-state index in [0.29, 0.717) is 18.8 Å². The zero-order chi connectivity index (χ0) is 18.8. The molecule has 1 aromatic carbocycles. The zero-order valence-corrected chi connectivity index (χ0v) is 16.5. The van der Waals surface area contributed by atoms with Gasteiger partial charge in [0.05, 0.1) is 19.3 Å². The van der Waals surface area contributed by atoms with Crippen LogP contribution < -0.4 is 15.5 Å². The van der Waals surface area contributed by atoms with Crippen LogP contribution >= 0.6 is 15.9 Å². The van der Waals surface area contributed by atoms with Gasteiger partial charge in [0, 0.05) is 17.6 Å². The van der Waals surface area contributed by atoms with Crippen LogP contribution in [0.4, 0.5) is 5.69 Å². The van der Waals surface area contributed by atoms with Crippen molar-refractivity contribution in [1.29, 1.82) is 0 Å². The van der Waals surface area contributed by atoms with Gasteiger partial charge in [0.15, 0.2) is 13.1 Å².